The second-order valence-corrected chi connectivity index (χ2v) is 8.20. The predicted octanol–water partition coefficient (Wildman–Crippen LogP) is 2.56. The number of methoxy groups -OCH3 is 1. The quantitative estimate of drug-likeness (QED) is 0.474. The molecule has 9 heteroatoms. The third kappa shape index (κ3) is 7.96. The summed E-state index contributed by atoms with van der Waals surface area (Å²) in [4.78, 5) is 2.35. The average Bonchev–Trinajstić information content (AvgIpc) is 3.18. The topological polar surface area (TPSA) is 102 Å². The number of β-amino-alcohol motifs (C(OH)–C–C–N with tert-alkyl or cyclic N) is 1. The molecule has 0 amide bonds. The van der Waals surface area contributed by atoms with Crippen LogP contribution in [0.1, 0.15) is 43.4 Å². The van der Waals surface area contributed by atoms with Crippen LogP contribution in [0.2, 0.25) is 0 Å². The molecule has 178 valence electrons. The molecule has 1 atom stereocenters. The predicted molar refractivity (Wildman–Crippen MR) is 120 cm³/mol. The first-order chi connectivity index (χ1) is 15.7. The number of nitrogens with zero attached hydrogens (tertiary/aromatic N) is 3. The van der Waals surface area contributed by atoms with Gasteiger partial charge in [0.15, 0.2) is 11.5 Å². The van der Waals surface area contributed by atoms with E-state index in [2.05, 4.69) is 25.2 Å². The van der Waals surface area contributed by atoms with Gasteiger partial charge in [-0.15, -0.1) is 0 Å². The summed E-state index contributed by atoms with van der Waals surface area (Å²) in [6.07, 6.45) is 5.79. The Morgan fingerprint density at radius 1 is 1.09 bits per heavy atom. The van der Waals surface area contributed by atoms with E-state index in [1.807, 2.05) is 18.2 Å². The Bertz CT molecular complexity index is 792. The molecule has 1 aliphatic heterocycles. The molecule has 0 bridgehead atoms. The molecule has 2 heterocycles. The van der Waals surface area contributed by atoms with E-state index in [-0.39, 0.29) is 6.61 Å². The lowest BCUT2D eigenvalue weighted by Crippen LogP contribution is -2.37. The average molecular weight is 449 g/mol. The van der Waals surface area contributed by atoms with Crippen LogP contribution in [0, 0.1) is 6.92 Å². The van der Waals surface area contributed by atoms with Gasteiger partial charge < -0.3 is 29.5 Å². The zero-order valence-corrected chi connectivity index (χ0v) is 19.2. The summed E-state index contributed by atoms with van der Waals surface area (Å²) in [5, 5.41) is 21.1. The third-order valence-corrected chi connectivity index (χ3v) is 5.53. The maximum atomic E-state index is 10.5. The van der Waals surface area contributed by atoms with Gasteiger partial charge in [-0.3, -0.25) is 0 Å². The number of aryl methyl sites for hydroxylation is 1. The Kier molecular flexibility index (Phi) is 10.1. The number of nitrogens with one attached hydrogen (secondary N) is 1. The monoisotopic (exact) mass is 448 g/mol. The second-order valence-electron chi connectivity index (χ2n) is 8.20. The molecular weight excluding hydrogens is 412 g/mol. The number of likely N-dealkylation sites (tertiary alicyclic amines) is 1. The van der Waals surface area contributed by atoms with Crippen LogP contribution >= 0.6 is 0 Å². The Morgan fingerprint density at radius 3 is 2.59 bits per heavy atom. The van der Waals surface area contributed by atoms with Crippen molar-refractivity contribution in [2.75, 3.05) is 46.5 Å². The Labute approximate surface area is 190 Å². The fourth-order valence-corrected chi connectivity index (χ4v) is 3.78. The van der Waals surface area contributed by atoms with E-state index >= 15 is 0 Å². The first-order valence-electron chi connectivity index (χ1n) is 11.5. The third-order valence-electron chi connectivity index (χ3n) is 5.53. The molecule has 1 unspecified atom stereocenters. The number of aromatic nitrogens is 2. The number of aliphatic hydroxyl groups excluding tert-OH is 1. The molecular formula is C23H36N4O5. The summed E-state index contributed by atoms with van der Waals surface area (Å²) in [5.41, 5.74) is 1.70. The minimum atomic E-state index is -0.524. The highest BCUT2D eigenvalue weighted by Crippen LogP contribution is 2.28. The molecule has 9 nitrogen and oxygen atoms in total. The molecule has 32 heavy (non-hydrogen) atoms. The van der Waals surface area contributed by atoms with Gasteiger partial charge in [0.25, 0.3) is 5.88 Å². The maximum absolute atomic E-state index is 10.5. The van der Waals surface area contributed by atoms with Crippen LogP contribution in [0.4, 0.5) is 0 Å². The standard InChI is InChI=1S/C23H36N4O5/c1-18-23(26-32-25-18)30-13-10-24-15-19-8-9-21(22(14-19)29-2)31-17-20(28)16-27-11-6-4-3-5-7-12-27/h8-9,14,20,24,28H,3-7,10-13,15-17H2,1-2H3. The zero-order valence-electron chi connectivity index (χ0n) is 19.2. The van der Waals surface area contributed by atoms with Gasteiger partial charge in [0, 0.05) is 19.6 Å². The highest BCUT2D eigenvalue weighted by molar-refractivity contribution is 5.43. The van der Waals surface area contributed by atoms with Crippen LogP contribution in [-0.4, -0.2) is 72.9 Å². The molecule has 3 rings (SSSR count). The lowest BCUT2D eigenvalue weighted by atomic mass is 10.1. The van der Waals surface area contributed by atoms with Crippen molar-refractivity contribution in [3.8, 4) is 17.4 Å². The minimum Gasteiger partial charge on any atom is -0.493 e. The van der Waals surface area contributed by atoms with Crippen LogP contribution in [0.15, 0.2) is 22.8 Å². The van der Waals surface area contributed by atoms with Gasteiger partial charge in [-0.05, 0) is 55.7 Å². The van der Waals surface area contributed by atoms with E-state index in [1.54, 1.807) is 14.0 Å². The SMILES string of the molecule is COc1cc(CNCCOc2nonc2C)ccc1OCC(O)CN1CCCCCCC1. The molecule has 1 fully saturated rings. The van der Waals surface area contributed by atoms with E-state index in [9.17, 15) is 5.11 Å². The zero-order chi connectivity index (χ0) is 22.6. The van der Waals surface area contributed by atoms with Crippen molar-refractivity contribution < 1.29 is 23.9 Å². The molecule has 2 aromatic rings. The van der Waals surface area contributed by atoms with Crippen molar-refractivity contribution in [3.63, 3.8) is 0 Å². The smallest absolute Gasteiger partial charge is 0.278 e. The highest BCUT2D eigenvalue weighted by Gasteiger charge is 2.15. The number of ether oxygens (including phenoxy) is 3. The van der Waals surface area contributed by atoms with Gasteiger partial charge in [-0.25, -0.2) is 4.63 Å². The van der Waals surface area contributed by atoms with Crippen LogP contribution in [-0.2, 0) is 6.54 Å². The Morgan fingerprint density at radius 2 is 1.88 bits per heavy atom. The highest BCUT2D eigenvalue weighted by atomic mass is 16.6. The number of hydrogen-bond donors (Lipinski definition) is 2. The van der Waals surface area contributed by atoms with Crippen molar-refractivity contribution in [2.45, 2.75) is 51.7 Å². The van der Waals surface area contributed by atoms with Crippen LogP contribution in [0.25, 0.3) is 0 Å². The first kappa shape index (κ1) is 24.3. The summed E-state index contributed by atoms with van der Waals surface area (Å²) in [6, 6.07) is 5.82. The van der Waals surface area contributed by atoms with E-state index < -0.39 is 6.10 Å². The molecule has 2 N–H and O–H groups in total. The Hall–Kier alpha value is -2.36. The van der Waals surface area contributed by atoms with E-state index in [0.29, 0.717) is 49.3 Å². The lowest BCUT2D eigenvalue weighted by Gasteiger charge is -2.26. The van der Waals surface area contributed by atoms with Gasteiger partial charge in [0.1, 0.15) is 25.0 Å². The van der Waals surface area contributed by atoms with Gasteiger partial charge in [-0.1, -0.05) is 30.5 Å². The minimum absolute atomic E-state index is 0.248. The number of rotatable bonds is 12. The van der Waals surface area contributed by atoms with Crippen LogP contribution in [0.3, 0.4) is 0 Å². The molecule has 0 aliphatic carbocycles. The molecule has 1 aromatic carbocycles. The lowest BCUT2D eigenvalue weighted by molar-refractivity contribution is 0.0645. The second kappa shape index (κ2) is 13.2. The van der Waals surface area contributed by atoms with Crippen LogP contribution < -0.4 is 19.5 Å². The summed E-state index contributed by atoms with van der Waals surface area (Å²) in [6.45, 7) is 6.56. The fraction of sp³-hybridized carbons (Fsp3) is 0.652. The molecule has 0 saturated carbocycles. The number of aliphatic hydroxyl groups is 1. The summed E-state index contributed by atoms with van der Waals surface area (Å²) < 4.78 is 21.5. The summed E-state index contributed by atoms with van der Waals surface area (Å²) in [7, 11) is 1.62. The first-order valence-corrected chi connectivity index (χ1v) is 11.5. The van der Waals surface area contributed by atoms with Gasteiger partial charge in [0.05, 0.1) is 7.11 Å². The van der Waals surface area contributed by atoms with Crippen molar-refractivity contribution >= 4 is 0 Å². The van der Waals surface area contributed by atoms with Crippen molar-refractivity contribution in [1.82, 2.24) is 20.5 Å². The number of hydrogen-bond acceptors (Lipinski definition) is 9. The van der Waals surface area contributed by atoms with E-state index in [4.69, 9.17) is 14.2 Å². The van der Waals surface area contributed by atoms with Gasteiger partial charge >= 0.3 is 0 Å². The largest absolute Gasteiger partial charge is 0.493 e. The van der Waals surface area contributed by atoms with E-state index in [0.717, 1.165) is 18.7 Å². The van der Waals surface area contributed by atoms with Crippen molar-refractivity contribution in [2.24, 2.45) is 0 Å². The molecule has 1 saturated heterocycles. The molecule has 1 aromatic heterocycles. The maximum Gasteiger partial charge on any atom is 0.278 e. The molecule has 0 radical (unpaired) electrons. The number of benzene rings is 1. The summed E-state index contributed by atoms with van der Waals surface area (Å²) >= 11 is 0. The Balaban J connectivity index is 1.39. The van der Waals surface area contributed by atoms with E-state index in [1.165, 1.54) is 32.1 Å². The molecule has 0 spiro atoms. The van der Waals surface area contributed by atoms with Gasteiger partial charge in [-0.2, -0.15) is 0 Å². The fourth-order valence-electron chi connectivity index (χ4n) is 3.78. The van der Waals surface area contributed by atoms with Crippen molar-refractivity contribution in [3.05, 3.63) is 29.5 Å². The summed E-state index contributed by atoms with van der Waals surface area (Å²) in [5.74, 6) is 1.71. The van der Waals surface area contributed by atoms with Gasteiger partial charge in [0.2, 0.25) is 0 Å². The van der Waals surface area contributed by atoms with Crippen LogP contribution in [0.5, 0.6) is 17.4 Å². The normalized spacial score (nSPS) is 16.2. The van der Waals surface area contributed by atoms with Crippen molar-refractivity contribution in [1.29, 1.82) is 0 Å². The molecule has 1 aliphatic rings.